The summed E-state index contributed by atoms with van der Waals surface area (Å²) >= 11 is 0. The molecular weight excluding hydrogens is 110 g/mol. The minimum atomic E-state index is 0.620. The van der Waals surface area contributed by atoms with Gasteiger partial charge in [-0.2, -0.15) is 0 Å². The quantitative estimate of drug-likeness (QED) is 0.559. The molecule has 50 valence electrons. The van der Waals surface area contributed by atoms with Crippen LogP contribution >= 0.6 is 0 Å². The van der Waals surface area contributed by atoms with E-state index in [1.54, 1.807) is 0 Å². The van der Waals surface area contributed by atoms with Crippen LogP contribution in [0.3, 0.4) is 0 Å². The van der Waals surface area contributed by atoms with Crippen molar-refractivity contribution in [1.29, 1.82) is 0 Å². The SMILES string of the molecule is C#CC(=C)NCC(C)C. The Kier molecular flexibility index (Phi) is 3.62. The molecule has 0 bridgehead atoms. The first-order valence-corrected chi connectivity index (χ1v) is 3.06. The normalized spacial score (nSPS) is 8.67. The summed E-state index contributed by atoms with van der Waals surface area (Å²) in [7, 11) is 0. The summed E-state index contributed by atoms with van der Waals surface area (Å²) in [6, 6.07) is 0. The maximum absolute atomic E-state index is 5.05. The van der Waals surface area contributed by atoms with Gasteiger partial charge in [0.1, 0.15) is 0 Å². The van der Waals surface area contributed by atoms with E-state index in [-0.39, 0.29) is 0 Å². The largest absolute Gasteiger partial charge is 0.378 e. The molecule has 0 amide bonds. The standard InChI is InChI=1S/C8H13N/c1-5-8(4)9-6-7(2)3/h1,7,9H,4,6H2,2-3H3. The summed E-state index contributed by atoms with van der Waals surface area (Å²) in [6.45, 7) is 8.75. The second kappa shape index (κ2) is 4.03. The first-order valence-electron chi connectivity index (χ1n) is 3.06. The summed E-state index contributed by atoms with van der Waals surface area (Å²) in [5.74, 6) is 3.04. The van der Waals surface area contributed by atoms with Gasteiger partial charge in [-0.15, -0.1) is 6.42 Å². The Balaban J connectivity index is 3.31. The number of terminal acetylenes is 1. The third kappa shape index (κ3) is 4.96. The molecule has 0 atom stereocenters. The highest BCUT2D eigenvalue weighted by atomic mass is 14.9. The summed E-state index contributed by atoms with van der Waals surface area (Å²) in [4.78, 5) is 0. The highest BCUT2D eigenvalue weighted by Crippen LogP contribution is 1.88. The first kappa shape index (κ1) is 8.10. The van der Waals surface area contributed by atoms with Gasteiger partial charge in [0, 0.05) is 6.54 Å². The highest BCUT2D eigenvalue weighted by molar-refractivity contribution is 5.18. The summed E-state index contributed by atoms with van der Waals surface area (Å²) < 4.78 is 0. The average molecular weight is 123 g/mol. The summed E-state index contributed by atoms with van der Waals surface area (Å²) in [5.41, 5.74) is 0.670. The van der Waals surface area contributed by atoms with E-state index < -0.39 is 0 Å². The lowest BCUT2D eigenvalue weighted by Crippen LogP contribution is -2.17. The van der Waals surface area contributed by atoms with Gasteiger partial charge in [0.15, 0.2) is 0 Å². The van der Waals surface area contributed by atoms with Crippen molar-refractivity contribution < 1.29 is 0 Å². The van der Waals surface area contributed by atoms with Crippen molar-refractivity contribution in [2.45, 2.75) is 13.8 Å². The van der Waals surface area contributed by atoms with Crippen molar-refractivity contribution in [3.8, 4) is 12.3 Å². The maximum Gasteiger partial charge on any atom is 0.0777 e. The van der Waals surface area contributed by atoms with Crippen molar-refractivity contribution >= 4 is 0 Å². The molecule has 0 aliphatic heterocycles. The van der Waals surface area contributed by atoms with Crippen molar-refractivity contribution in [3.63, 3.8) is 0 Å². The predicted molar refractivity (Wildman–Crippen MR) is 40.8 cm³/mol. The molecule has 0 spiro atoms. The van der Waals surface area contributed by atoms with E-state index in [0.29, 0.717) is 11.6 Å². The average Bonchev–Trinajstić information content (AvgIpc) is 1.83. The molecule has 0 saturated carbocycles. The smallest absolute Gasteiger partial charge is 0.0777 e. The van der Waals surface area contributed by atoms with Gasteiger partial charge in [0.05, 0.1) is 5.70 Å². The van der Waals surface area contributed by atoms with Gasteiger partial charge in [-0.3, -0.25) is 0 Å². The molecular formula is C8H13N. The topological polar surface area (TPSA) is 12.0 Å². The molecule has 0 aliphatic rings. The maximum atomic E-state index is 5.05. The van der Waals surface area contributed by atoms with Crippen LogP contribution in [0.25, 0.3) is 0 Å². The van der Waals surface area contributed by atoms with Crippen LogP contribution in [0.5, 0.6) is 0 Å². The summed E-state index contributed by atoms with van der Waals surface area (Å²) in [6.07, 6.45) is 5.05. The highest BCUT2D eigenvalue weighted by Gasteiger charge is 1.90. The molecule has 0 aromatic carbocycles. The second-order valence-electron chi connectivity index (χ2n) is 2.40. The minimum Gasteiger partial charge on any atom is -0.378 e. The van der Waals surface area contributed by atoms with E-state index in [1.807, 2.05) is 0 Å². The third-order valence-corrected chi connectivity index (χ3v) is 0.898. The Morgan fingerprint density at radius 1 is 1.78 bits per heavy atom. The zero-order valence-corrected chi connectivity index (χ0v) is 6.07. The van der Waals surface area contributed by atoms with Crippen molar-refractivity contribution in [3.05, 3.63) is 12.3 Å². The molecule has 0 fully saturated rings. The molecule has 0 saturated heterocycles. The molecule has 0 radical (unpaired) electrons. The molecule has 0 heterocycles. The molecule has 0 aromatic rings. The number of hydrogen-bond donors (Lipinski definition) is 1. The zero-order valence-electron chi connectivity index (χ0n) is 6.07. The van der Waals surface area contributed by atoms with Crippen LogP contribution in [-0.2, 0) is 0 Å². The molecule has 1 nitrogen and oxygen atoms in total. The van der Waals surface area contributed by atoms with Gasteiger partial charge in [-0.1, -0.05) is 26.3 Å². The molecule has 0 aliphatic carbocycles. The van der Waals surface area contributed by atoms with E-state index in [4.69, 9.17) is 6.42 Å². The minimum absolute atomic E-state index is 0.620. The monoisotopic (exact) mass is 123 g/mol. The number of hydrogen-bond acceptors (Lipinski definition) is 1. The van der Waals surface area contributed by atoms with Crippen molar-refractivity contribution in [2.75, 3.05) is 6.54 Å². The predicted octanol–water partition coefficient (Wildman–Crippen LogP) is 1.38. The van der Waals surface area contributed by atoms with Crippen LogP contribution in [0.4, 0.5) is 0 Å². The Morgan fingerprint density at radius 2 is 2.33 bits per heavy atom. The van der Waals surface area contributed by atoms with Gasteiger partial charge < -0.3 is 5.32 Å². The molecule has 0 unspecified atom stereocenters. The molecule has 1 heteroatoms. The second-order valence-corrected chi connectivity index (χ2v) is 2.40. The Labute approximate surface area is 57.2 Å². The van der Waals surface area contributed by atoms with Gasteiger partial charge in [0.25, 0.3) is 0 Å². The van der Waals surface area contributed by atoms with E-state index in [2.05, 4.69) is 31.7 Å². The number of nitrogens with one attached hydrogen (secondary N) is 1. The van der Waals surface area contributed by atoms with E-state index in [1.165, 1.54) is 0 Å². The van der Waals surface area contributed by atoms with Crippen LogP contribution in [0.1, 0.15) is 13.8 Å². The fourth-order valence-electron chi connectivity index (χ4n) is 0.378. The van der Waals surface area contributed by atoms with Crippen LogP contribution in [0.15, 0.2) is 12.3 Å². The Morgan fingerprint density at radius 3 is 2.67 bits per heavy atom. The zero-order chi connectivity index (χ0) is 7.28. The van der Waals surface area contributed by atoms with E-state index in [0.717, 1.165) is 6.54 Å². The Hall–Kier alpha value is -0.900. The van der Waals surface area contributed by atoms with E-state index in [9.17, 15) is 0 Å². The summed E-state index contributed by atoms with van der Waals surface area (Å²) in [5, 5.41) is 3.00. The van der Waals surface area contributed by atoms with Crippen molar-refractivity contribution in [2.24, 2.45) is 5.92 Å². The molecule has 0 rings (SSSR count). The lowest BCUT2D eigenvalue weighted by Gasteiger charge is -2.05. The Bertz CT molecular complexity index is 128. The van der Waals surface area contributed by atoms with Gasteiger partial charge in [-0.25, -0.2) is 0 Å². The number of allylic oxidation sites excluding steroid dienone is 1. The lowest BCUT2D eigenvalue weighted by atomic mass is 10.2. The van der Waals surface area contributed by atoms with Gasteiger partial charge >= 0.3 is 0 Å². The van der Waals surface area contributed by atoms with Gasteiger partial charge in [-0.05, 0) is 5.92 Å². The van der Waals surface area contributed by atoms with Gasteiger partial charge in [0.2, 0.25) is 0 Å². The van der Waals surface area contributed by atoms with Crippen LogP contribution in [0.2, 0.25) is 0 Å². The lowest BCUT2D eigenvalue weighted by molar-refractivity contribution is 0.604. The fraction of sp³-hybridized carbons (Fsp3) is 0.500. The van der Waals surface area contributed by atoms with Crippen LogP contribution in [0, 0.1) is 18.3 Å². The van der Waals surface area contributed by atoms with Crippen LogP contribution in [-0.4, -0.2) is 6.54 Å². The fourth-order valence-corrected chi connectivity index (χ4v) is 0.378. The molecule has 9 heavy (non-hydrogen) atoms. The van der Waals surface area contributed by atoms with Crippen molar-refractivity contribution in [1.82, 2.24) is 5.32 Å². The van der Waals surface area contributed by atoms with Crippen LogP contribution < -0.4 is 5.32 Å². The number of rotatable bonds is 3. The third-order valence-electron chi connectivity index (χ3n) is 0.898. The molecule has 1 N–H and O–H groups in total. The van der Waals surface area contributed by atoms with E-state index >= 15 is 0 Å². The molecule has 0 aromatic heterocycles. The first-order chi connectivity index (χ1) is 4.16.